The van der Waals surface area contributed by atoms with Crippen molar-refractivity contribution >= 4 is 16.9 Å². The summed E-state index contributed by atoms with van der Waals surface area (Å²) >= 11 is 0. The van der Waals surface area contributed by atoms with Gasteiger partial charge in [0.15, 0.2) is 0 Å². The van der Waals surface area contributed by atoms with Crippen LogP contribution in [0.3, 0.4) is 0 Å². The van der Waals surface area contributed by atoms with Gasteiger partial charge < -0.3 is 9.88 Å². The van der Waals surface area contributed by atoms with Gasteiger partial charge in [-0.1, -0.05) is 6.92 Å². The van der Waals surface area contributed by atoms with Gasteiger partial charge in [-0.15, -0.1) is 0 Å². The lowest BCUT2D eigenvalue weighted by molar-refractivity contribution is 0.0963. The van der Waals surface area contributed by atoms with E-state index < -0.39 is 0 Å². The molecule has 0 saturated heterocycles. The Hall–Kier alpha value is -2.17. The molecule has 2 aromatic rings. The smallest absolute Gasteiger partial charge is 0.272 e. The van der Waals surface area contributed by atoms with Gasteiger partial charge in [0, 0.05) is 19.7 Å². The number of carbonyl (C=O) groups is 1. The molecule has 0 atom stereocenters. The van der Waals surface area contributed by atoms with Crippen LogP contribution in [0.15, 0.2) is 23.0 Å². The van der Waals surface area contributed by atoms with Crippen LogP contribution in [0, 0.1) is 0 Å². The number of fused-ring (bicyclic) bond motifs is 1. The summed E-state index contributed by atoms with van der Waals surface area (Å²) in [5, 5.41) is 2.56. The van der Waals surface area contributed by atoms with Crippen LogP contribution in [-0.2, 0) is 13.5 Å². The van der Waals surface area contributed by atoms with Crippen LogP contribution >= 0.6 is 0 Å². The minimum atomic E-state index is -0.177. The highest BCUT2D eigenvalue weighted by atomic mass is 16.1. The molecule has 1 aromatic heterocycles. The standard InChI is InChI=1S/C13H15N3O2/c1-4-9-13(18)16(3)11-7-8(12(17)14-2)5-6-10(11)15-9/h5-7H,4H2,1-3H3,(H,14,17). The normalized spacial score (nSPS) is 10.6. The SMILES string of the molecule is CCc1nc2ccc(C(=O)NC)cc2n(C)c1=O. The second-order valence-corrected chi connectivity index (χ2v) is 4.06. The Bertz CT molecular complexity index is 674. The van der Waals surface area contributed by atoms with Crippen LogP contribution in [0.5, 0.6) is 0 Å². The van der Waals surface area contributed by atoms with Crippen molar-refractivity contribution in [2.24, 2.45) is 7.05 Å². The van der Waals surface area contributed by atoms with E-state index in [0.717, 1.165) is 5.52 Å². The Kier molecular flexibility index (Phi) is 3.14. The molecule has 0 spiro atoms. The lowest BCUT2D eigenvalue weighted by Crippen LogP contribution is -2.23. The van der Waals surface area contributed by atoms with Crippen LogP contribution in [0.4, 0.5) is 0 Å². The van der Waals surface area contributed by atoms with E-state index in [1.165, 1.54) is 4.57 Å². The number of carbonyl (C=O) groups excluding carboxylic acids is 1. The van der Waals surface area contributed by atoms with Crippen LogP contribution in [0.2, 0.25) is 0 Å². The van der Waals surface area contributed by atoms with Crippen molar-refractivity contribution in [3.8, 4) is 0 Å². The first-order chi connectivity index (χ1) is 8.58. The first-order valence-corrected chi connectivity index (χ1v) is 5.80. The summed E-state index contributed by atoms with van der Waals surface area (Å²) in [6.45, 7) is 1.90. The highest BCUT2D eigenvalue weighted by molar-refractivity contribution is 5.97. The lowest BCUT2D eigenvalue weighted by atomic mass is 10.1. The van der Waals surface area contributed by atoms with Gasteiger partial charge in [0.2, 0.25) is 0 Å². The largest absolute Gasteiger partial charge is 0.355 e. The number of rotatable bonds is 2. The minimum Gasteiger partial charge on any atom is -0.355 e. The van der Waals surface area contributed by atoms with Crippen molar-refractivity contribution in [1.29, 1.82) is 0 Å². The van der Waals surface area contributed by atoms with E-state index in [4.69, 9.17) is 0 Å². The van der Waals surface area contributed by atoms with Gasteiger partial charge in [-0.3, -0.25) is 9.59 Å². The number of benzene rings is 1. The van der Waals surface area contributed by atoms with E-state index in [2.05, 4.69) is 10.3 Å². The molecule has 1 N–H and O–H groups in total. The third kappa shape index (κ3) is 1.88. The fourth-order valence-electron chi connectivity index (χ4n) is 1.90. The molecule has 94 valence electrons. The van der Waals surface area contributed by atoms with Crippen molar-refractivity contribution in [3.05, 3.63) is 39.8 Å². The zero-order valence-corrected chi connectivity index (χ0v) is 10.7. The zero-order chi connectivity index (χ0) is 13.3. The molecule has 2 rings (SSSR count). The molecular weight excluding hydrogens is 230 g/mol. The molecule has 0 fully saturated rings. The van der Waals surface area contributed by atoms with Crippen molar-refractivity contribution < 1.29 is 4.79 Å². The van der Waals surface area contributed by atoms with Crippen LogP contribution < -0.4 is 10.9 Å². The quantitative estimate of drug-likeness (QED) is 0.853. The molecule has 5 heteroatoms. The fourth-order valence-corrected chi connectivity index (χ4v) is 1.90. The van der Waals surface area contributed by atoms with Gasteiger partial charge in [0.1, 0.15) is 5.69 Å². The third-order valence-corrected chi connectivity index (χ3v) is 2.97. The van der Waals surface area contributed by atoms with E-state index in [1.54, 1.807) is 32.3 Å². The molecule has 1 heterocycles. The van der Waals surface area contributed by atoms with Gasteiger partial charge in [-0.2, -0.15) is 0 Å². The molecule has 0 unspecified atom stereocenters. The first-order valence-electron chi connectivity index (χ1n) is 5.80. The monoisotopic (exact) mass is 245 g/mol. The second kappa shape index (κ2) is 4.60. The van der Waals surface area contributed by atoms with Gasteiger partial charge in [0.05, 0.1) is 11.0 Å². The lowest BCUT2D eigenvalue weighted by Gasteiger charge is -2.08. The van der Waals surface area contributed by atoms with Crippen molar-refractivity contribution in [3.63, 3.8) is 0 Å². The van der Waals surface area contributed by atoms with Gasteiger partial charge in [0.25, 0.3) is 11.5 Å². The number of amides is 1. The van der Waals surface area contributed by atoms with E-state index >= 15 is 0 Å². The van der Waals surface area contributed by atoms with Crippen LogP contribution in [-0.4, -0.2) is 22.5 Å². The molecule has 0 aliphatic heterocycles. The molecule has 0 saturated carbocycles. The average Bonchev–Trinajstić information content (AvgIpc) is 2.41. The number of nitrogens with zero attached hydrogens (tertiary/aromatic N) is 2. The molecule has 5 nitrogen and oxygen atoms in total. The van der Waals surface area contributed by atoms with Gasteiger partial charge in [-0.05, 0) is 24.6 Å². The predicted octanol–water partition coefficient (Wildman–Crippen LogP) is 0.855. The van der Waals surface area contributed by atoms with E-state index in [9.17, 15) is 9.59 Å². The highest BCUT2D eigenvalue weighted by Crippen LogP contribution is 2.12. The maximum Gasteiger partial charge on any atom is 0.272 e. The zero-order valence-electron chi connectivity index (χ0n) is 10.7. The molecule has 0 radical (unpaired) electrons. The maximum atomic E-state index is 12.0. The summed E-state index contributed by atoms with van der Waals surface area (Å²) in [5.41, 5.74) is 2.34. The summed E-state index contributed by atoms with van der Waals surface area (Å²) in [6, 6.07) is 5.15. The Labute approximate surface area is 104 Å². The molecule has 1 aromatic carbocycles. The molecule has 18 heavy (non-hydrogen) atoms. The molecule has 0 bridgehead atoms. The van der Waals surface area contributed by atoms with Crippen molar-refractivity contribution in [1.82, 2.24) is 14.9 Å². The molecular formula is C13H15N3O2. The summed E-state index contributed by atoms with van der Waals surface area (Å²) in [5.74, 6) is -0.177. The Morgan fingerprint density at radius 1 is 1.44 bits per heavy atom. The minimum absolute atomic E-state index is 0.112. The maximum absolute atomic E-state index is 12.0. The topological polar surface area (TPSA) is 64.0 Å². The number of hydrogen-bond donors (Lipinski definition) is 1. The Balaban J connectivity index is 2.75. The highest BCUT2D eigenvalue weighted by Gasteiger charge is 2.10. The number of aromatic nitrogens is 2. The molecule has 1 amide bonds. The third-order valence-electron chi connectivity index (χ3n) is 2.97. The summed E-state index contributed by atoms with van der Waals surface area (Å²) in [6.07, 6.45) is 0.597. The van der Waals surface area contributed by atoms with Crippen LogP contribution in [0.1, 0.15) is 23.0 Å². The van der Waals surface area contributed by atoms with E-state index in [-0.39, 0.29) is 11.5 Å². The second-order valence-electron chi connectivity index (χ2n) is 4.06. The number of hydrogen-bond acceptors (Lipinski definition) is 3. The van der Waals surface area contributed by atoms with Crippen LogP contribution in [0.25, 0.3) is 11.0 Å². The number of nitrogens with one attached hydrogen (secondary N) is 1. The fraction of sp³-hybridized carbons (Fsp3) is 0.308. The Morgan fingerprint density at radius 2 is 2.17 bits per heavy atom. The number of aryl methyl sites for hydroxylation is 2. The van der Waals surface area contributed by atoms with Gasteiger partial charge >= 0.3 is 0 Å². The summed E-state index contributed by atoms with van der Waals surface area (Å²) in [4.78, 5) is 27.8. The average molecular weight is 245 g/mol. The van der Waals surface area contributed by atoms with E-state index in [0.29, 0.717) is 23.2 Å². The summed E-state index contributed by atoms with van der Waals surface area (Å²) in [7, 11) is 3.27. The van der Waals surface area contributed by atoms with Crippen molar-refractivity contribution in [2.75, 3.05) is 7.05 Å². The van der Waals surface area contributed by atoms with Crippen molar-refractivity contribution in [2.45, 2.75) is 13.3 Å². The summed E-state index contributed by atoms with van der Waals surface area (Å²) < 4.78 is 1.54. The first kappa shape index (κ1) is 12.3. The predicted molar refractivity (Wildman–Crippen MR) is 69.8 cm³/mol. The van der Waals surface area contributed by atoms with E-state index in [1.807, 2.05) is 6.92 Å². The molecule has 0 aliphatic carbocycles. The molecule has 0 aliphatic rings. The Morgan fingerprint density at radius 3 is 2.78 bits per heavy atom. The van der Waals surface area contributed by atoms with Gasteiger partial charge in [-0.25, -0.2) is 4.98 Å².